The van der Waals surface area contributed by atoms with E-state index in [1.54, 1.807) is 0 Å². The van der Waals surface area contributed by atoms with E-state index in [1.807, 2.05) is 0 Å². The number of anilines is 3. The Balaban J connectivity index is 1.95. The summed E-state index contributed by atoms with van der Waals surface area (Å²) in [6, 6.07) is 16.9. The maximum absolute atomic E-state index is 6.89. The Morgan fingerprint density at radius 3 is 1.78 bits per heavy atom. The minimum absolute atomic E-state index is 0.453. The van der Waals surface area contributed by atoms with E-state index in [2.05, 4.69) is 113 Å². The van der Waals surface area contributed by atoms with Gasteiger partial charge in [-0.3, -0.25) is 4.67 Å². The van der Waals surface area contributed by atoms with Gasteiger partial charge in [0.2, 0.25) is 0 Å². The minimum Gasteiger partial charge on any atom is -0.308 e. The molecule has 0 spiro atoms. The summed E-state index contributed by atoms with van der Waals surface area (Å²) < 4.78 is 2.56. The molecule has 2 atom stereocenters. The molecule has 3 aromatic carbocycles. The van der Waals surface area contributed by atoms with E-state index in [1.165, 1.54) is 55.0 Å². The SMILES string of the molecule is CCN(CC)P1(=S)c2cc(C(C)C)ccc2N2c3ccc(C(C)C)cc3P(C)(=S)c3cc(C)cc1c32. The van der Waals surface area contributed by atoms with E-state index >= 15 is 0 Å². The normalized spacial score (nSPS) is 22.1. The zero-order chi connectivity index (χ0) is 26.2. The third kappa shape index (κ3) is 3.67. The molecule has 6 heteroatoms. The fourth-order valence-electron chi connectivity index (χ4n) is 5.85. The van der Waals surface area contributed by atoms with Crippen molar-refractivity contribution < 1.29 is 0 Å². The number of hydrogen-bond acceptors (Lipinski definition) is 3. The summed E-state index contributed by atoms with van der Waals surface area (Å²) in [5, 5.41) is 5.34. The summed E-state index contributed by atoms with van der Waals surface area (Å²) in [5.74, 6) is 0.921. The van der Waals surface area contributed by atoms with Crippen LogP contribution in [-0.2, 0) is 23.6 Å². The molecule has 2 aliphatic rings. The van der Waals surface area contributed by atoms with E-state index in [0.29, 0.717) is 11.8 Å². The molecule has 190 valence electrons. The molecule has 2 heterocycles. The van der Waals surface area contributed by atoms with Crippen LogP contribution in [0.25, 0.3) is 0 Å². The number of aryl methyl sites for hydroxylation is 1. The maximum Gasteiger partial charge on any atom is 0.0751 e. The zero-order valence-corrected chi connectivity index (χ0v) is 26.2. The summed E-state index contributed by atoms with van der Waals surface area (Å²) in [4.78, 5) is 2.52. The van der Waals surface area contributed by atoms with Gasteiger partial charge in [0.25, 0.3) is 0 Å². The molecule has 2 unspecified atom stereocenters. The Morgan fingerprint density at radius 1 is 0.750 bits per heavy atom. The highest BCUT2D eigenvalue weighted by Gasteiger charge is 2.45. The molecule has 3 aromatic rings. The molecule has 0 radical (unpaired) electrons. The maximum atomic E-state index is 6.89. The second kappa shape index (κ2) is 9.18. The Hall–Kier alpha value is -1.28. The van der Waals surface area contributed by atoms with Crippen LogP contribution in [0.15, 0.2) is 48.5 Å². The average Bonchev–Trinajstić information content (AvgIpc) is 2.84. The first-order valence-corrected chi connectivity index (χ1v) is 19.1. The fourth-order valence-corrected chi connectivity index (χ4v) is 14.0. The molecular formula is C30H38N2P2S2. The molecule has 0 fully saturated rings. The summed E-state index contributed by atoms with van der Waals surface area (Å²) in [6.45, 7) is 20.0. The van der Waals surface area contributed by atoms with Crippen LogP contribution in [0.5, 0.6) is 0 Å². The van der Waals surface area contributed by atoms with E-state index in [0.717, 1.165) is 13.1 Å². The third-order valence-corrected chi connectivity index (χ3v) is 16.9. The zero-order valence-electron chi connectivity index (χ0n) is 22.8. The summed E-state index contributed by atoms with van der Waals surface area (Å²) in [7, 11) is 0. The van der Waals surface area contributed by atoms with Crippen molar-refractivity contribution in [3.8, 4) is 0 Å². The van der Waals surface area contributed by atoms with Gasteiger partial charge in [-0.2, -0.15) is 0 Å². The largest absolute Gasteiger partial charge is 0.308 e. The van der Waals surface area contributed by atoms with Crippen molar-refractivity contribution in [3.05, 3.63) is 65.2 Å². The third-order valence-electron chi connectivity index (χ3n) is 7.95. The summed E-state index contributed by atoms with van der Waals surface area (Å²) >= 11 is 13.5. The van der Waals surface area contributed by atoms with E-state index < -0.39 is 12.2 Å². The van der Waals surface area contributed by atoms with Crippen molar-refractivity contribution in [1.29, 1.82) is 0 Å². The van der Waals surface area contributed by atoms with Gasteiger partial charge in [-0.15, -0.1) is 0 Å². The van der Waals surface area contributed by atoms with E-state index in [9.17, 15) is 0 Å². The quantitative estimate of drug-likeness (QED) is 0.312. The number of nitrogens with zero attached hydrogens (tertiary/aromatic N) is 2. The smallest absolute Gasteiger partial charge is 0.0751 e. The lowest BCUT2D eigenvalue weighted by molar-refractivity contribution is 0.513. The first-order chi connectivity index (χ1) is 17.0. The standard InChI is InChI=1S/C30H38N2P2S2/c1-9-31(10-2)34(36)27-18-23(20(5)6)12-14-25(27)32-24-13-11-22(19(3)4)17-26(24)33(8,35)28-15-21(7)16-29(34)30(28)32/h11-20H,9-10H2,1-8H3. The molecule has 0 aliphatic carbocycles. The van der Waals surface area contributed by atoms with Crippen molar-refractivity contribution in [1.82, 2.24) is 4.67 Å². The van der Waals surface area contributed by atoms with Crippen molar-refractivity contribution in [2.24, 2.45) is 0 Å². The van der Waals surface area contributed by atoms with Crippen molar-refractivity contribution in [3.63, 3.8) is 0 Å². The lowest BCUT2D eigenvalue weighted by Gasteiger charge is -2.48. The van der Waals surface area contributed by atoms with Gasteiger partial charge >= 0.3 is 0 Å². The molecule has 0 N–H and O–H groups in total. The van der Waals surface area contributed by atoms with Gasteiger partial charge in [-0.25, -0.2) is 0 Å². The fraction of sp³-hybridized carbons (Fsp3) is 0.400. The van der Waals surface area contributed by atoms with Gasteiger partial charge in [-0.1, -0.05) is 77.3 Å². The summed E-state index contributed by atoms with van der Waals surface area (Å²) in [6.07, 6.45) is -2.24. The number of hydrogen-bond donors (Lipinski definition) is 0. The van der Waals surface area contributed by atoms with E-state index in [4.69, 9.17) is 23.6 Å². The monoisotopic (exact) mass is 552 g/mol. The first-order valence-electron chi connectivity index (χ1n) is 13.1. The Morgan fingerprint density at radius 2 is 1.25 bits per heavy atom. The molecular weight excluding hydrogens is 514 g/mol. The van der Waals surface area contributed by atoms with Gasteiger partial charge in [0.1, 0.15) is 0 Å². The molecule has 0 saturated carbocycles. The van der Waals surface area contributed by atoms with Gasteiger partial charge in [0.15, 0.2) is 0 Å². The highest BCUT2D eigenvalue weighted by atomic mass is 32.4. The van der Waals surface area contributed by atoms with Crippen LogP contribution in [0.1, 0.15) is 70.1 Å². The summed E-state index contributed by atoms with van der Waals surface area (Å²) in [5.41, 5.74) is 7.79. The molecule has 0 aromatic heterocycles. The topological polar surface area (TPSA) is 6.48 Å². The van der Waals surface area contributed by atoms with Crippen molar-refractivity contribution >= 4 is 74.1 Å². The van der Waals surface area contributed by atoms with Gasteiger partial charge in [0.05, 0.1) is 23.3 Å². The highest BCUT2D eigenvalue weighted by molar-refractivity contribution is 8.22. The van der Waals surface area contributed by atoms with Crippen molar-refractivity contribution in [2.75, 3.05) is 24.7 Å². The number of rotatable bonds is 5. The van der Waals surface area contributed by atoms with Crippen LogP contribution in [0.4, 0.5) is 17.1 Å². The molecule has 0 amide bonds. The minimum atomic E-state index is -2.24. The predicted molar refractivity (Wildman–Crippen MR) is 170 cm³/mol. The first kappa shape index (κ1) is 26.3. The lowest BCUT2D eigenvalue weighted by atomic mass is 10.0. The van der Waals surface area contributed by atoms with Crippen LogP contribution in [0.3, 0.4) is 0 Å². The van der Waals surface area contributed by atoms with Crippen LogP contribution in [-0.4, -0.2) is 24.4 Å². The van der Waals surface area contributed by atoms with Crippen LogP contribution in [0, 0.1) is 6.92 Å². The Labute approximate surface area is 228 Å². The molecule has 0 saturated heterocycles. The molecule has 2 aliphatic heterocycles. The number of benzene rings is 3. The van der Waals surface area contributed by atoms with Crippen LogP contribution < -0.4 is 26.1 Å². The average molecular weight is 553 g/mol. The Bertz CT molecular complexity index is 1470. The Kier molecular flexibility index (Phi) is 6.71. The highest BCUT2D eigenvalue weighted by Crippen LogP contribution is 2.61. The lowest BCUT2D eigenvalue weighted by Crippen LogP contribution is -2.46. The van der Waals surface area contributed by atoms with Gasteiger partial charge in [-0.05, 0) is 78.5 Å². The van der Waals surface area contributed by atoms with Crippen LogP contribution >= 0.6 is 12.2 Å². The van der Waals surface area contributed by atoms with Crippen molar-refractivity contribution in [2.45, 2.75) is 60.3 Å². The molecule has 36 heavy (non-hydrogen) atoms. The molecule has 5 rings (SSSR count). The molecule has 2 nitrogen and oxygen atoms in total. The molecule has 0 bridgehead atoms. The van der Waals surface area contributed by atoms with E-state index in [-0.39, 0.29) is 0 Å². The number of fused-ring (bicyclic) bond motifs is 4. The van der Waals surface area contributed by atoms with Crippen LogP contribution in [0.2, 0.25) is 0 Å². The van der Waals surface area contributed by atoms with Gasteiger partial charge in [0, 0.05) is 40.3 Å². The van der Waals surface area contributed by atoms with Gasteiger partial charge < -0.3 is 4.90 Å². The second-order valence-electron chi connectivity index (χ2n) is 10.9. The second-order valence-corrected chi connectivity index (χ2v) is 20.2. The predicted octanol–water partition coefficient (Wildman–Crippen LogP) is 7.09.